The van der Waals surface area contributed by atoms with E-state index in [2.05, 4.69) is 28.7 Å². The van der Waals surface area contributed by atoms with Gasteiger partial charge in [-0.15, -0.1) is 0 Å². The normalized spacial score (nSPS) is 18.4. The molecule has 2 rings (SSSR count). The Morgan fingerprint density at radius 2 is 2.18 bits per heavy atom. The fourth-order valence-electron chi connectivity index (χ4n) is 2.29. The molecule has 17 heavy (non-hydrogen) atoms. The minimum Gasteiger partial charge on any atom is -0.382 e. The fraction of sp³-hybridized carbons (Fsp3) is 0.583. The molecule has 0 aliphatic carbocycles. The molecule has 0 unspecified atom stereocenters. The summed E-state index contributed by atoms with van der Waals surface area (Å²) in [7, 11) is 0. The number of nitrogens with one attached hydrogen (secondary N) is 1. The van der Waals surface area contributed by atoms with Crippen LogP contribution in [0, 0.1) is 12.3 Å². The molecule has 2 heterocycles. The third kappa shape index (κ3) is 2.23. The quantitative estimate of drug-likeness (QED) is 0.598. The zero-order valence-electron chi connectivity index (χ0n) is 10.6. The molecule has 1 fully saturated rings. The zero-order valence-corrected chi connectivity index (χ0v) is 10.6. The molecule has 1 aliphatic heterocycles. The van der Waals surface area contributed by atoms with E-state index in [0.29, 0.717) is 11.6 Å². The van der Waals surface area contributed by atoms with Gasteiger partial charge in [-0.1, -0.05) is 0 Å². The molecular formula is C12H19N5. The smallest absolute Gasteiger partial charge is 0.226 e. The number of amidine groups is 1. The summed E-state index contributed by atoms with van der Waals surface area (Å²) in [6.45, 7) is 7.26. The van der Waals surface area contributed by atoms with Crippen LogP contribution in [0.5, 0.6) is 0 Å². The molecule has 0 bridgehead atoms. The highest BCUT2D eigenvalue weighted by molar-refractivity contribution is 5.93. The molecule has 0 spiro atoms. The van der Waals surface area contributed by atoms with E-state index in [1.807, 2.05) is 6.92 Å². The molecule has 1 saturated heterocycles. The van der Waals surface area contributed by atoms with Crippen molar-refractivity contribution in [3.63, 3.8) is 0 Å². The van der Waals surface area contributed by atoms with E-state index in [4.69, 9.17) is 11.1 Å². The van der Waals surface area contributed by atoms with Crippen LogP contribution in [0.3, 0.4) is 0 Å². The van der Waals surface area contributed by atoms with Gasteiger partial charge in [0.2, 0.25) is 5.95 Å². The third-order valence-corrected chi connectivity index (χ3v) is 3.26. The van der Waals surface area contributed by atoms with Gasteiger partial charge in [0, 0.05) is 17.8 Å². The van der Waals surface area contributed by atoms with Crippen molar-refractivity contribution in [3.8, 4) is 0 Å². The number of aryl methyl sites for hydroxylation is 1. The summed E-state index contributed by atoms with van der Waals surface area (Å²) in [4.78, 5) is 11.0. The summed E-state index contributed by atoms with van der Waals surface area (Å²) in [6, 6.07) is 1.74. The van der Waals surface area contributed by atoms with Crippen molar-refractivity contribution in [1.29, 1.82) is 5.41 Å². The van der Waals surface area contributed by atoms with Gasteiger partial charge < -0.3 is 10.6 Å². The maximum atomic E-state index is 7.47. The number of aromatic nitrogens is 2. The van der Waals surface area contributed by atoms with Crippen molar-refractivity contribution in [1.82, 2.24) is 9.97 Å². The Balaban J connectivity index is 2.42. The van der Waals surface area contributed by atoms with Crippen LogP contribution in [0.2, 0.25) is 0 Å². The lowest BCUT2D eigenvalue weighted by Crippen LogP contribution is -2.39. The highest BCUT2D eigenvalue weighted by Crippen LogP contribution is 2.31. The standard InChI is InChI=1S/C12H19N5/c1-8-7-9(10(13)14)16-11(15-8)17-6-4-5-12(17,2)3/h7H,4-6H2,1-3H3,(H3,13,14). The van der Waals surface area contributed by atoms with E-state index in [9.17, 15) is 0 Å². The SMILES string of the molecule is Cc1cc(C(=N)N)nc(N2CCCC2(C)C)n1. The van der Waals surface area contributed by atoms with Crippen LogP contribution in [0.1, 0.15) is 38.1 Å². The summed E-state index contributed by atoms with van der Waals surface area (Å²) in [5.74, 6) is 0.687. The molecule has 1 aromatic rings. The molecule has 5 heteroatoms. The monoisotopic (exact) mass is 233 g/mol. The van der Waals surface area contributed by atoms with Crippen molar-refractivity contribution < 1.29 is 0 Å². The Hall–Kier alpha value is -1.65. The van der Waals surface area contributed by atoms with Gasteiger partial charge in [-0.05, 0) is 39.7 Å². The van der Waals surface area contributed by atoms with Crippen LogP contribution in [-0.4, -0.2) is 27.9 Å². The number of rotatable bonds is 2. The lowest BCUT2D eigenvalue weighted by Gasteiger charge is -2.31. The highest BCUT2D eigenvalue weighted by atomic mass is 15.3. The van der Waals surface area contributed by atoms with Crippen molar-refractivity contribution in [2.24, 2.45) is 5.73 Å². The van der Waals surface area contributed by atoms with Gasteiger partial charge in [0.05, 0.1) is 0 Å². The van der Waals surface area contributed by atoms with Crippen LogP contribution >= 0.6 is 0 Å². The predicted molar refractivity (Wildman–Crippen MR) is 68.4 cm³/mol. The molecule has 0 amide bonds. The van der Waals surface area contributed by atoms with Crippen LogP contribution in [-0.2, 0) is 0 Å². The number of anilines is 1. The largest absolute Gasteiger partial charge is 0.382 e. The second-order valence-electron chi connectivity index (χ2n) is 5.18. The van der Waals surface area contributed by atoms with Gasteiger partial charge in [-0.3, -0.25) is 5.41 Å². The number of nitrogens with zero attached hydrogens (tertiary/aromatic N) is 3. The van der Waals surface area contributed by atoms with Crippen LogP contribution in [0.25, 0.3) is 0 Å². The first kappa shape index (κ1) is 11.8. The summed E-state index contributed by atoms with van der Waals surface area (Å²) < 4.78 is 0. The Bertz CT molecular complexity index is 452. The van der Waals surface area contributed by atoms with Gasteiger partial charge in [-0.25, -0.2) is 9.97 Å². The van der Waals surface area contributed by atoms with E-state index in [1.165, 1.54) is 0 Å². The van der Waals surface area contributed by atoms with Gasteiger partial charge in [0.25, 0.3) is 0 Å². The molecule has 3 N–H and O–H groups in total. The topological polar surface area (TPSA) is 78.9 Å². The molecule has 0 atom stereocenters. The van der Waals surface area contributed by atoms with Gasteiger partial charge >= 0.3 is 0 Å². The second-order valence-corrected chi connectivity index (χ2v) is 5.18. The predicted octanol–water partition coefficient (Wildman–Crippen LogP) is 1.45. The Morgan fingerprint density at radius 1 is 1.47 bits per heavy atom. The van der Waals surface area contributed by atoms with Crippen molar-refractivity contribution >= 4 is 11.8 Å². The number of nitrogen functional groups attached to an aromatic ring is 1. The number of hydrogen-bond acceptors (Lipinski definition) is 4. The Labute approximate surface area is 102 Å². The average molecular weight is 233 g/mol. The lowest BCUT2D eigenvalue weighted by atomic mass is 10.0. The second kappa shape index (κ2) is 3.98. The Morgan fingerprint density at radius 3 is 2.71 bits per heavy atom. The van der Waals surface area contributed by atoms with E-state index >= 15 is 0 Å². The number of hydrogen-bond donors (Lipinski definition) is 2. The summed E-state index contributed by atoms with van der Waals surface area (Å²) >= 11 is 0. The van der Waals surface area contributed by atoms with Gasteiger partial charge in [0.15, 0.2) is 0 Å². The first-order chi connectivity index (χ1) is 7.90. The maximum absolute atomic E-state index is 7.47. The molecule has 92 valence electrons. The van der Waals surface area contributed by atoms with Gasteiger partial charge in [0.1, 0.15) is 11.5 Å². The molecular weight excluding hydrogens is 214 g/mol. The summed E-state index contributed by atoms with van der Waals surface area (Å²) in [5, 5.41) is 7.47. The lowest BCUT2D eigenvalue weighted by molar-refractivity contribution is 0.509. The van der Waals surface area contributed by atoms with Crippen molar-refractivity contribution in [2.45, 2.75) is 39.2 Å². The van der Waals surface area contributed by atoms with E-state index in [-0.39, 0.29) is 11.4 Å². The number of nitrogens with two attached hydrogens (primary N) is 1. The molecule has 5 nitrogen and oxygen atoms in total. The minimum atomic E-state index is -0.00578. The minimum absolute atomic E-state index is 0.00578. The van der Waals surface area contributed by atoms with Gasteiger partial charge in [-0.2, -0.15) is 0 Å². The van der Waals surface area contributed by atoms with Crippen LogP contribution in [0.15, 0.2) is 6.07 Å². The summed E-state index contributed by atoms with van der Waals surface area (Å²) in [6.07, 6.45) is 2.29. The highest BCUT2D eigenvalue weighted by Gasteiger charge is 2.33. The maximum Gasteiger partial charge on any atom is 0.226 e. The molecule has 0 saturated carbocycles. The summed E-state index contributed by atoms with van der Waals surface area (Å²) in [5.41, 5.74) is 6.94. The average Bonchev–Trinajstić information content (AvgIpc) is 2.57. The molecule has 0 aromatic carbocycles. The van der Waals surface area contributed by atoms with E-state index in [1.54, 1.807) is 6.07 Å². The Kier molecular flexibility index (Phi) is 2.77. The van der Waals surface area contributed by atoms with E-state index in [0.717, 1.165) is 25.1 Å². The van der Waals surface area contributed by atoms with E-state index < -0.39 is 0 Å². The molecule has 0 radical (unpaired) electrons. The van der Waals surface area contributed by atoms with Crippen LogP contribution < -0.4 is 10.6 Å². The van der Waals surface area contributed by atoms with Crippen LogP contribution in [0.4, 0.5) is 5.95 Å². The molecule has 1 aliphatic rings. The zero-order chi connectivity index (χ0) is 12.6. The first-order valence-electron chi connectivity index (χ1n) is 5.88. The molecule has 1 aromatic heterocycles. The van der Waals surface area contributed by atoms with Crippen molar-refractivity contribution in [2.75, 3.05) is 11.4 Å². The first-order valence-corrected chi connectivity index (χ1v) is 5.88. The fourth-order valence-corrected chi connectivity index (χ4v) is 2.29. The van der Waals surface area contributed by atoms with Crippen molar-refractivity contribution in [3.05, 3.63) is 17.5 Å². The third-order valence-electron chi connectivity index (χ3n) is 3.26.